The largest absolute Gasteiger partial charge is 0.377 e. The number of pyridine rings is 1. The molecule has 0 aliphatic carbocycles. The van der Waals surface area contributed by atoms with Crippen LogP contribution in [-0.2, 0) is 17.8 Å². The number of nitrogens with one attached hydrogen (secondary N) is 2. The van der Waals surface area contributed by atoms with Crippen LogP contribution in [0.5, 0.6) is 0 Å². The van der Waals surface area contributed by atoms with E-state index in [2.05, 4.69) is 25.6 Å². The fourth-order valence-electron chi connectivity index (χ4n) is 1.79. The van der Waals surface area contributed by atoms with E-state index in [4.69, 9.17) is 4.74 Å². The highest BCUT2D eigenvalue weighted by Crippen LogP contribution is 2.11. The predicted molar refractivity (Wildman–Crippen MR) is 78.7 cm³/mol. The molecule has 0 unspecified atom stereocenters. The molecule has 2 N–H and O–H groups in total. The Kier molecular flexibility index (Phi) is 5.25. The lowest BCUT2D eigenvalue weighted by Crippen LogP contribution is -2.10. The number of hydrogen-bond acceptors (Lipinski definition) is 6. The topological polar surface area (TPSA) is 72.0 Å². The highest BCUT2D eigenvalue weighted by molar-refractivity contribution is 5.47. The van der Waals surface area contributed by atoms with Crippen molar-refractivity contribution in [1.82, 2.24) is 15.0 Å². The summed E-state index contributed by atoms with van der Waals surface area (Å²) < 4.78 is 5.07. The summed E-state index contributed by atoms with van der Waals surface area (Å²) in [7, 11) is 3.46. The van der Waals surface area contributed by atoms with Crippen LogP contribution in [0.1, 0.15) is 11.4 Å². The molecule has 6 nitrogen and oxygen atoms in total. The molecule has 2 rings (SSSR count). The Labute approximate surface area is 118 Å². The van der Waals surface area contributed by atoms with Gasteiger partial charge in [0.1, 0.15) is 18.2 Å². The van der Waals surface area contributed by atoms with Crippen LogP contribution in [0.3, 0.4) is 0 Å². The van der Waals surface area contributed by atoms with Crippen molar-refractivity contribution in [3.8, 4) is 0 Å². The molecule has 0 aliphatic heterocycles. The van der Waals surface area contributed by atoms with E-state index >= 15 is 0 Å². The molecule has 0 amide bonds. The molecule has 0 aromatic carbocycles. The molecule has 0 spiro atoms. The molecule has 0 radical (unpaired) electrons. The minimum absolute atomic E-state index is 0.397. The molecular weight excluding hydrogens is 254 g/mol. The Hall–Kier alpha value is -2.21. The Morgan fingerprint density at radius 2 is 1.90 bits per heavy atom. The summed E-state index contributed by atoms with van der Waals surface area (Å²) in [5, 5.41) is 6.32. The maximum atomic E-state index is 5.07. The summed E-state index contributed by atoms with van der Waals surface area (Å²) >= 11 is 0. The third-order valence-corrected chi connectivity index (χ3v) is 2.77. The number of nitrogens with zero attached hydrogens (tertiary/aromatic N) is 3. The van der Waals surface area contributed by atoms with Crippen LogP contribution in [0.15, 0.2) is 30.6 Å². The van der Waals surface area contributed by atoms with Gasteiger partial charge in [-0.2, -0.15) is 0 Å². The fourth-order valence-corrected chi connectivity index (χ4v) is 1.79. The normalized spacial score (nSPS) is 10.3. The van der Waals surface area contributed by atoms with E-state index in [9.17, 15) is 0 Å². The van der Waals surface area contributed by atoms with Crippen molar-refractivity contribution < 1.29 is 4.74 Å². The first-order valence-electron chi connectivity index (χ1n) is 6.49. The molecule has 0 fully saturated rings. The smallest absolute Gasteiger partial charge is 0.158 e. The van der Waals surface area contributed by atoms with E-state index in [1.165, 1.54) is 5.56 Å². The van der Waals surface area contributed by atoms with Gasteiger partial charge in [-0.25, -0.2) is 9.97 Å². The quantitative estimate of drug-likeness (QED) is 0.800. The summed E-state index contributed by atoms with van der Waals surface area (Å²) in [6.45, 7) is 1.20. The van der Waals surface area contributed by atoms with Crippen LogP contribution in [0.2, 0.25) is 0 Å². The van der Waals surface area contributed by atoms with Gasteiger partial charge in [-0.05, 0) is 24.1 Å². The molecule has 20 heavy (non-hydrogen) atoms. The SMILES string of the molecule is CNc1cc(NCCc2ccncc2)nc(COC)n1. The molecule has 106 valence electrons. The second-order valence-electron chi connectivity index (χ2n) is 4.27. The highest BCUT2D eigenvalue weighted by atomic mass is 16.5. The second-order valence-corrected chi connectivity index (χ2v) is 4.27. The van der Waals surface area contributed by atoms with Crippen molar-refractivity contribution in [3.05, 3.63) is 42.0 Å². The molecular formula is C14H19N5O. The van der Waals surface area contributed by atoms with Crippen LogP contribution < -0.4 is 10.6 Å². The summed E-state index contributed by atoms with van der Waals surface area (Å²) in [5.41, 5.74) is 1.24. The lowest BCUT2D eigenvalue weighted by Gasteiger charge is -2.09. The first-order chi connectivity index (χ1) is 9.81. The van der Waals surface area contributed by atoms with Gasteiger partial charge in [-0.3, -0.25) is 4.98 Å². The van der Waals surface area contributed by atoms with Crippen LogP contribution in [-0.4, -0.2) is 35.7 Å². The van der Waals surface area contributed by atoms with E-state index in [0.717, 1.165) is 24.6 Å². The van der Waals surface area contributed by atoms with Crippen molar-refractivity contribution >= 4 is 11.6 Å². The number of methoxy groups -OCH3 is 1. The first-order valence-corrected chi connectivity index (χ1v) is 6.49. The van der Waals surface area contributed by atoms with Crippen LogP contribution in [0.4, 0.5) is 11.6 Å². The summed E-state index contributed by atoms with van der Waals surface area (Å²) in [6, 6.07) is 5.90. The Morgan fingerprint density at radius 3 is 2.60 bits per heavy atom. The van der Waals surface area contributed by atoms with E-state index in [0.29, 0.717) is 12.4 Å². The van der Waals surface area contributed by atoms with E-state index in [-0.39, 0.29) is 0 Å². The summed E-state index contributed by atoms with van der Waals surface area (Å²) in [6.07, 6.45) is 4.52. The Bertz CT molecular complexity index is 532. The minimum Gasteiger partial charge on any atom is -0.377 e. The number of ether oxygens (including phenoxy) is 1. The third kappa shape index (κ3) is 4.17. The molecule has 6 heteroatoms. The van der Waals surface area contributed by atoms with Crippen molar-refractivity contribution in [1.29, 1.82) is 0 Å². The third-order valence-electron chi connectivity index (χ3n) is 2.77. The van der Waals surface area contributed by atoms with Gasteiger partial charge in [0.25, 0.3) is 0 Å². The molecule has 0 aliphatic rings. The van der Waals surface area contributed by atoms with Gasteiger partial charge in [0.15, 0.2) is 5.82 Å². The van der Waals surface area contributed by atoms with Crippen molar-refractivity contribution in [2.24, 2.45) is 0 Å². The Balaban J connectivity index is 1.96. The van der Waals surface area contributed by atoms with Crippen LogP contribution in [0.25, 0.3) is 0 Å². The van der Waals surface area contributed by atoms with Crippen molar-refractivity contribution in [2.45, 2.75) is 13.0 Å². The lowest BCUT2D eigenvalue weighted by molar-refractivity contribution is 0.178. The maximum absolute atomic E-state index is 5.07. The zero-order valence-electron chi connectivity index (χ0n) is 11.8. The first kappa shape index (κ1) is 14.2. The molecule has 0 bridgehead atoms. The van der Waals surface area contributed by atoms with Gasteiger partial charge in [0, 0.05) is 39.2 Å². The van der Waals surface area contributed by atoms with Crippen LogP contribution >= 0.6 is 0 Å². The molecule has 2 heterocycles. The van der Waals surface area contributed by atoms with Gasteiger partial charge in [-0.1, -0.05) is 0 Å². The number of rotatable bonds is 7. The highest BCUT2D eigenvalue weighted by Gasteiger charge is 2.03. The zero-order valence-corrected chi connectivity index (χ0v) is 11.8. The maximum Gasteiger partial charge on any atom is 0.158 e. The van der Waals surface area contributed by atoms with E-state index in [1.54, 1.807) is 19.5 Å². The Morgan fingerprint density at radius 1 is 1.15 bits per heavy atom. The molecule has 2 aromatic rings. The van der Waals surface area contributed by atoms with Gasteiger partial charge in [0.2, 0.25) is 0 Å². The summed E-state index contributed by atoms with van der Waals surface area (Å²) in [5.74, 6) is 2.23. The van der Waals surface area contributed by atoms with E-state index in [1.807, 2.05) is 25.2 Å². The van der Waals surface area contributed by atoms with Crippen molar-refractivity contribution in [3.63, 3.8) is 0 Å². The predicted octanol–water partition coefficient (Wildman–Crippen LogP) is 1.71. The second kappa shape index (κ2) is 7.40. The standard InChI is InChI=1S/C14H19N5O/c1-15-12-9-13(19-14(18-12)10-20-2)17-8-5-11-3-6-16-7-4-11/h3-4,6-7,9H,5,8,10H2,1-2H3,(H2,15,17,18,19). The average Bonchev–Trinajstić information content (AvgIpc) is 2.48. The summed E-state index contributed by atoms with van der Waals surface area (Å²) in [4.78, 5) is 12.7. The number of hydrogen-bond donors (Lipinski definition) is 2. The van der Waals surface area contributed by atoms with Gasteiger partial charge in [-0.15, -0.1) is 0 Å². The van der Waals surface area contributed by atoms with Crippen LogP contribution in [0, 0.1) is 0 Å². The van der Waals surface area contributed by atoms with Gasteiger partial charge < -0.3 is 15.4 Å². The van der Waals surface area contributed by atoms with Crippen molar-refractivity contribution in [2.75, 3.05) is 31.3 Å². The molecule has 0 saturated carbocycles. The molecule has 0 saturated heterocycles. The van der Waals surface area contributed by atoms with E-state index < -0.39 is 0 Å². The zero-order chi connectivity index (χ0) is 14.2. The number of aromatic nitrogens is 3. The lowest BCUT2D eigenvalue weighted by atomic mass is 10.2. The van der Waals surface area contributed by atoms with Gasteiger partial charge >= 0.3 is 0 Å². The molecule has 0 atom stereocenters. The van der Waals surface area contributed by atoms with Gasteiger partial charge in [0.05, 0.1) is 0 Å². The number of anilines is 2. The average molecular weight is 273 g/mol. The minimum atomic E-state index is 0.397. The molecule has 2 aromatic heterocycles. The fraction of sp³-hybridized carbons (Fsp3) is 0.357. The monoisotopic (exact) mass is 273 g/mol.